The van der Waals surface area contributed by atoms with Gasteiger partial charge < -0.3 is 26.6 Å². The fourth-order valence-corrected chi connectivity index (χ4v) is 19.5. The van der Waals surface area contributed by atoms with Crippen LogP contribution in [-0.4, -0.2) is 76.4 Å². The molecule has 0 atom stereocenters. The smallest absolute Gasteiger partial charge is 0.371 e. The molecule has 0 aromatic heterocycles. The maximum atomic E-state index is 6.13. The Bertz CT molecular complexity index is 1090. The second-order valence-electron chi connectivity index (χ2n) is 13.0. The number of hydrogen-bond donors (Lipinski definition) is 0. The summed E-state index contributed by atoms with van der Waals surface area (Å²) in [7, 11) is 2.08. The van der Waals surface area contributed by atoms with E-state index in [1.54, 1.807) is 0 Å². The summed E-state index contributed by atoms with van der Waals surface area (Å²) in [4.78, 5) is 0. The van der Waals surface area contributed by atoms with Crippen molar-refractivity contribution in [2.45, 2.75) is 81.3 Å². The molecule has 47 heavy (non-hydrogen) atoms. The van der Waals surface area contributed by atoms with E-state index >= 15 is 0 Å². The van der Waals surface area contributed by atoms with Crippen LogP contribution in [0.15, 0.2) is 91.0 Å². The van der Waals surface area contributed by atoms with Gasteiger partial charge in [-0.05, 0) is 33.7 Å². The largest absolute Gasteiger partial charge is 0.394 e. The molecule has 0 saturated carbocycles. The molecule has 0 bridgehead atoms. The fraction of sp³-hybridized carbons (Fsp3) is 0.514. The molecule has 3 rings (SSSR count). The van der Waals surface area contributed by atoms with E-state index in [0.29, 0.717) is 0 Å². The van der Waals surface area contributed by atoms with Gasteiger partial charge >= 0.3 is 25.7 Å². The van der Waals surface area contributed by atoms with Crippen LogP contribution in [0.1, 0.15) is 38.5 Å². The molecule has 0 saturated heterocycles. The lowest BCUT2D eigenvalue weighted by atomic mass is 10.4. The van der Waals surface area contributed by atoms with E-state index in [-0.39, 0.29) is 0 Å². The molecule has 0 spiro atoms. The Labute approximate surface area is 289 Å². The van der Waals surface area contributed by atoms with E-state index in [2.05, 4.69) is 97.5 Å². The highest BCUT2D eigenvalue weighted by atomic mass is 28.4. The second-order valence-corrected chi connectivity index (χ2v) is 28.3. The minimum atomic E-state index is -2.43. The average molecular weight is 713 g/mol. The van der Waals surface area contributed by atoms with Crippen LogP contribution in [-0.2, 0) is 26.6 Å². The highest BCUT2D eigenvalue weighted by Crippen LogP contribution is 2.32. The van der Waals surface area contributed by atoms with Gasteiger partial charge in [0.1, 0.15) is 0 Å². The normalized spacial score (nSPS) is 12.8. The summed E-state index contributed by atoms with van der Waals surface area (Å²) < 4.78 is 36.8. The minimum Gasteiger partial charge on any atom is -0.394 e. The lowest BCUT2D eigenvalue weighted by molar-refractivity contribution is 0.256. The van der Waals surface area contributed by atoms with Crippen molar-refractivity contribution < 1.29 is 26.6 Å². The first-order chi connectivity index (χ1) is 22.8. The molecule has 3 aromatic carbocycles. The van der Waals surface area contributed by atoms with Crippen molar-refractivity contribution in [3.8, 4) is 0 Å². The minimum absolute atomic E-state index is 0.980. The van der Waals surface area contributed by atoms with E-state index < -0.39 is 33.8 Å². The molecule has 0 unspecified atom stereocenters. The number of hydrogen-bond acceptors (Lipinski definition) is 6. The molecule has 0 fully saturated rings. The van der Waals surface area contributed by atoms with Crippen LogP contribution < -0.4 is 15.6 Å². The quantitative estimate of drug-likeness (QED) is 0.0717. The molecule has 0 N–H and O–H groups in total. The van der Waals surface area contributed by atoms with Gasteiger partial charge in [0, 0.05) is 42.7 Å². The van der Waals surface area contributed by atoms with Gasteiger partial charge in [-0.15, -0.1) is 0 Å². The summed E-state index contributed by atoms with van der Waals surface area (Å²) in [6, 6.07) is 38.6. The van der Waals surface area contributed by atoms with Crippen molar-refractivity contribution >= 4 is 49.3 Å². The predicted molar refractivity (Wildman–Crippen MR) is 206 cm³/mol. The van der Waals surface area contributed by atoms with Gasteiger partial charge in [0.15, 0.2) is 0 Å². The summed E-state index contributed by atoms with van der Waals surface area (Å²) in [6.07, 6.45) is 7.03. The van der Waals surface area contributed by atoms with Crippen LogP contribution in [0.2, 0.25) is 42.8 Å². The van der Waals surface area contributed by atoms with Crippen LogP contribution in [0.25, 0.3) is 0 Å². The zero-order chi connectivity index (χ0) is 34.1. The molecule has 10 heteroatoms. The first-order valence-electron chi connectivity index (χ1n) is 17.3. The van der Waals surface area contributed by atoms with Crippen LogP contribution in [0.3, 0.4) is 0 Å². The zero-order valence-electron chi connectivity index (χ0n) is 30.1. The van der Waals surface area contributed by atoms with Crippen molar-refractivity contribution in [1.29, 1.82) is 0 Å². The fourth-order valence-electron chi connectivity index (χ4n) is 7.18. The maximum Gasteiger partial charge on any atom is 0.371 e. The van der Waals surface area contributed by atoms with E-state index in [9.17, 15) is 0 Å². The van der Waals surface area contributed by atoms with Crippen LogP contribution in [0.4, 0.5) is 0 Å². The SMILES string of the molecule is CO[Si](CCCC[Si](C)(CCCC[Si](OC)(OC)c1ccccc1)CCCC[Si](OC)(OC)c1ccccc1)(OC)c1ccccc1. The van der Waals surface area contributed by atoms with E-state index in [1.165, 1.54) is 53.0 Å². The first-order valence-corrected chi connectivity index (χ1v) is 26.5. The summed E-state index contributed by atoms with van der Waals surface area (Å²) in [5.41, 5.74) is 0. The third-order valence-electron chi connectivity index (χ3n) is 10.2. The van der Waals surface area contributed by atoms with Crippen LogP contribution in [0.5, 0.6) is 0 Å². The molecular formula is C37H60O6Si4. The van der Waals surface area contributed by atoms with E-state index in [1.807, 2.05) is 42.7 Å². The monoisotopic (exact) mass is 712 g/mol. The van der Waals surface area contributed by atoms with Crippen molar-refractivity contribution in [2.75, 3.05) is 42.7 Å². The van der Waals surface area contributed by atoms with Crippen molar-refractivity contribution in [2.24, 2.45) is 0 Å². The zero-order valence-corrected chi connectivity index (χ0v) is 34.1. The Kier molecular flexibility index (Phi) is 17.0. The maximum absolute atomic E-state index is 6.13. The van der Waals surface area contributed by atoms with Gasteiger partial charge in [-0.25, -0.2) is 0 Å². The molecular weight excluding hydrogens is 653 g/mol. The number of benzene rings is 3. The molecule has 6 nitrogen and oxygen atoms in total. The third-order valence-corrected chi connectivity index (χ3v) is 25.5. The topological polar surface area (TPSA) is 55.4 Å². The average Bonchev–Trinajstić information content (AvgIpc) is 3.14. The Hall–Kier alpha value is -1.71. The standard InChI is InChI=1S/C37H60O6Si4/c1-38-45(39-2,35-23-11-8-12-24-35)32-20-17-29-44(7,30-18-21-33-46(40-3,41-4)36-25-13-9-14-26-36)31-19-22-34-47(42-5,43-6)37-27-15-10-16-28-37/h8-16,23-28H,17-22,29-34H2,1-7H3. The lowest BCUT2D eigenvalue weighted by Crippen LogP contribution is -2.52. The van der Waals surface area contributed by atoms with Crippen LogP contribution in [0, 0.1) is 0 Å². The van der Waals surface area contributed by atoms with Gasteiger partial charge in [0.2, 0.25) is 0 Å². The Morgan fingerprint density at radius 3 is 0.766 bits per heavy atom. The number of unbranched alkanes of at least 4 members (excludes halogenated alkanes) is 3. The Morgan fingerprint density at radius 2 is 0.553 bits per heavy atom. The lowest BCUT2D eigenvalue weighted by Gasteiger charge is -2.32. The predicted octanol–water partition coefficient (Wildman–Crippen LogP) is 7.33. The summed E-state index contributed by atoms with van der Waals surface area (Å²) in [5, 5.41) is 3.65. The highest BCUT2D eigenvalue weighted by molar-refractivity contribution is 6.82. The van der Waals surface area contributed by atoms with Gasteiger partial charge in [-0.2, -0.15) is 0 Å². The molecule has 3 aromatic rings. The molecule has 0 aliphatic heterocycles. The van der Waals surface area contributed by atoms with Gasteiger partial charge in [-0.3, -0.25) is 0 Å². The molecule has 0 heterocycles. The summed E-state index contributed by atoms with van der Waals surface area (Å²) >= 11 is 0. The van der Waals surface area contributed by atoms with E-state index in [4.69, 9.17) is 26.6 Å². The Morgan fingerprint density at radius 1 is 0.340 bits per heavy atom. The van der Waals surface area contributed by atoms with Gasteiger partial charge in [0.05, 0.1) is 8.07 Å². The van der Waals surface area contributed by atoms with Crippen molar-refractivity contribution in [3.05, 3.63) is 91.0 Å². The Balaban J connectivity index is 1.65. The van der Waals surface area contributed by atoms with Crippen LogP contribution >= 0.6 is 0 Å². The first kappa shape index (κ1) is 39.7. The summed E-state index contributed by atoms with van der Waals surface area (Å²) in [5.74, 6) is 0. The van der Waals surface area contributed by atoms with E-state index in [0.717, 1.165) is 37.4 Å². The summed E-state index contributed by atoms with van der Waals surface area (Å²) in [6.45, 7) is 2.64. The molecule has 0 aliphatic carbocycles. The second kappa shape index (κ2) is 20.1. The third kappa shape index (κ3) is 10.9. The molecule has 0 aliphatic rings. The molecule has 0 radical (unpaired) electrons. The molecule has 260 valence electrons. The van der Waals surface area contributed by atoms with Crippen molar-refractivity contribution in [3.63, 3.8) is 0 Å². The van der Waals surface area contributed by atoms with Gasteiger partial charge in [-0.1, -0.05) is 154 Å². The van der Waals surface area contributed by atoms with Gasteiger partial charge in [0.25, 0.3) is 0 Å². The van der Waals surface area contributed by atoms with Crippen molar-refractivity contribution in [1.82, 2.24) is 0 Å². The highest BCUT2D eigenvalue weighted by Gasteiger charge is 2.40. The number of rotatable bonds is 24. The molecule has 0 amide bonds.